The zero-order valence-corrected chi connectivity index (χ0v) is 13.9. The summed E-state index contributed by atoms with van der Waals surface area (Å²) in [6.07, 6.45) is 2.43. The summed E-state index contributed by atoms with van der Waals surface area (Å²) in [6, 6.07) is 8.27. The molecule has 0 saturated heterocycles. The maximum Gasteiger partial charge on any atom is 0.225 e. The van der Waals surface area contributed by atoms with Gasteiger partial charge in [-0.15, -0.1) is 0 Å². The van der Waals surface area contributed by atoms with Crippen LogP contribution in [0.3, 0.4) is 0 Å². The van der Waals surface area contributed by atoms with Gasteiger partial charge in [0.15, 0.2) is 0 Å². The fourth-order valence-electron chi connectivity index (χ4n) is 2.26. The van der Waals surface area contributed by atoms with E-state index >= 15 is 0 Å². The van der Waals surface area contributed by atoms with Gasteiger partial charge in [0.05, 0.1) is 5.69 Å². The van der Waals surface area contributed by atoms with Crippen molar-refractivity contribution < 1.29 is 0 Å². The van der Waals surface area contributed by atoms with E-state index in [2.05, 4.69) is 34.4 Å². The van der Waals surface area contributed by atoms with Crippen LogP contribution in [0.1, 0.15) is 43.9 Å². The fraction of sp³-hybridized carbons (Fsp3) is 0.412. The van der Waals surface area contributed by atoms with E-state index in [1.54, 1.807) is 0 Å². The molecule has 0 aliphatic heterocycles. The minimum Gasteiger partial charge on any atom is -0.352 e. The molecule has 3 rings (SSSR count). The van der Waals surface area contributed by atoms with Crippen LogP contribution in [0.5, 0.6) is 0 Å². The number of rotatable bonds is 5. The highest BCUT2D eigenvalue weighted by atomic mass is 35.5. The molecule has 22 heavy (non-hydrogen) atoms. The van der Waals surface area contributed by atoms with Gasteiger partial charge in [-0.3, -0.25) is 0 Å². The number of benzene rings is 1. The molecular weight excluding hydrogens is 296 g/mol. The van der Waals surface area contributed by atoms with Crippen molar-refractivity contribution in [1.82, 2.24) is 9.97 Å². The molecule has 1 saturated carbocycles. The van der Waals surface area contributed by atoms with E-state index < -0.39 is 0 Å². The Bertz CT molecular complexity index is 680. The molecule has 116 valence electrons. The van der Waals surface area contributed by atoms with Crippen molar-refractivity contribution in [3.05, 3.63) is 40.5 Å². The molecule has 5 heteroatoms. The van der Waals surface area contributed by atoms with Crippen LogP contribution in [-0.4, -0.2) is 16.0 Å². The fourth-order valence-corrected chi connectivity index (χ4v) is 2.44. The van der Waals surface area contributed by atoms with Crippen LogP contribution in [0.15, 0.2) is 24.3 Å². The Hall–Kier alpha value is -1.81. The minimum atomic E-state index is 0.302. The predicted octanol–water partition coefficient (Wildman–Crippen LogP) is 4.88. The van der Waals surface area contributed by atoms with E-state index in [9.17, 15) is 0 Å². The Morgan fingerprint density at radius 2 is 1.95 bits per heavy atom. The lowest BCUT2D eigenvalue weighted by Gasteiger charge is -2.13. The molecule has 2 N–H and O–H groups in total. The second-order valence-electron chi connectivity index (χ2n) is 6.16. The zero-order chi connectivity index (χ0) is 15.7. The summed E-state index contributed by atoms with van der Waals surface area (Å²) >= 11 is 6.19. The summed E-state index contributed by atoms with van der Waals surface area (Å²) < 4.78 is 0. The molecule has 1 fully saturated rings. The molecule has 1 heterocycles. The first-order valence-corrected chi connectivity index (χ1v) is 8.08. The summed E-state index contributed by atoms with van der Waals surface area (Å²) in [5.41, 5.74) is 3.11. The Kier molecular flexibility index (Phi) is 4.21. The van der Waals surface area contributed by atoms with Crippen molar-refractivity contribution in [3.8, 4) is 0 Å². The van der Waals surface area contributed by atoms with E-state index in [0.717, 1.165) is 27.8 Å². The van der Waals surface area contributed by atoms with Crippen LogP contribution < -0.4 is 10.6 Å². The number of nitrogens with one attached hydrogen (secondary N) is 2. The van der Waals surface area contributed by atoms with Gasteiger partial charge in [-0.05, 0) is 51.3 Å². The first-order chi connectivity index (χ1) is 10.5. The topological polar surface area (TPSA) is 49.8 Å². The van der Waals surface area contributed by atoms with Crippen molar-refractivity contribution in [3.63, 3.8) is 0 Å². The van der Waals surface area contributed by atoms with Crippen LogP contribution >= 0.6 is 11.6 Å². The lowest BCUT2D eigenvalue weighted by atomic mass is 10.2. The van der Waals surface area contributed by atoms with Crippen LogP contribution in [0.25, 0.3) is 0 Å². The molecule has 4 nitrogen and oxygen atoms in total. The molecule has 0 unspecified atom stereocenters. The third-order valence-corrected chi connectivity index (χ3v) is 4.01. The van der Waals surface area contributed by atoms with Gasteiger partial charge in [0.1, 0.15) is 5.82 Å². The van der Waals surface area contributed by atoms with Crippen LogP contribution in [-0.2, 0) is 0 Å². The summed E-state index contributed by atoms with van der Waals surface area (Å²) in [4.78, 5) is 9.18. The molecule has 0 amide bonds. The van der Waals surface area contributed by atoms with E-state index in [1.165, 1.54) is 12.8 Å². The second kappa shape index (κ2) is 6.13. The largest absolute Gasteiger partial charge is 0.352 e. The summed E-state index contributed by atoms with van der Waals surface area (Å²) in [5.74, 6) is 2.07. The number of aryl methyl sites for hydroxylation is 1. The van der Waals surface area contributed by atoms with Gasteiger partial charge in [0.2, 0.25) is 5.95 Å². The molecular formula is C17H21ClN4. The van der Waals surface area contributed by atoms with Gasteiger partial charge in [-0.25, -0.2) is 4.98 Å². The molecule has 0 bridgehead atoms. The van der Waals surface area contributed by atoms with Crippen molar-refractivity contribution in [2.24, 2.45) is 0 Å². The van der Waals surface area contributed by atoms with Gasteiger partial charge in [-0.1, -0.05) is 17.7 Å². The Morgan fingerprint density at radius 1 is 1.18 bits per heavy atom. The molecule has 0 spiro atoms. The first-order valence-electron chi connectivity index (χ1n) is 7.70. The Balaban J connectivity index is 1.87. The van der Waals surface area contributed by atoms with Gasteiger partial charge in [0, 0.05) is 28.7 Å². The van der Waals surface area contributed by atoms with E-state index in [1.807, 2.05) is 31.2 Å². The molecule has 1 aromatic carbocycles. The number of nitrogens with zero attached hydrogens (tertiary/aromatic N) is 2. The Morgan fingerprint density at radius 3 is 2.59 bits per heavy atom. The normalized spacial score (nSPS) is 14.2. The highest BCUT2D eigenvalue weighted by Gasteiger charge is 2.26. The van der Waals surface area contributed by atoms with Crippen LogP contribution in [0.4, 0.5) is 17.5 Å². The maximum atomic E-state index is 6.19. The third-order valence-electron chi connectivity index (χ3n) is 3.60. The van der Waals surface area contributed by atoms with Crippen LogP contribution in [0.2, 0.25) is 5.02 Å². The van der Waals surface area contributed by atoms with Crippen molar-refractivity contribution in [1.29, 1.82) is 0 Å². The second-order valence-corrected chi connectivity index (χ2v) is 6.57. The Labute approximate surface area is 136 Å². The van der Waals surface area contributed by atoms with Gasteiger partial charge in [-0.2, -0.15) is 4.98 Å². The molecule has 1 aliphatic carbocycles. The van der Waals surface area contributed by atoms with Gasteiger partial charge < -0.3 is 10.6 Å². The number of hydrogen-bond acceptors (Lipinski definition) is 4. The first kappa shape index (κ1) is 15.1. The van der Waals surface area contributed by atoms with Gasteiger partial charge in [0.25, 0.3) is 0 Å². The number of halogens is 1. The molecule has 0 atom stereocenters. The monoisotopic (exact) mass is 316 g/mol. The summed E-state index contributed by atoms with van der Waals surface area (Å²) in [7, 11) is 0. The van der Waals surface area contributed by atoms with E-state index in [4.69, 9.17) is 11.6 Å². The van der Waals surface area contributed by atoms with E-state index in [-0.39, 0.29) is 0 Å². The lowest BCUT2D eigenvalue weighted by molar-refractivity contribution is 0.864. The third kappa shape index (κ3) is 3.69. The number of aromatic nitrogens is 2. The van der Waals surface area contributed by atoms with Crippen molar-refractivity contribution in [2.45, 2.75) is 45.6 Å². The van der Waals surface area contributed by atoms with Gasteiger partial charge >= 0.3 is 0 Å². The zero-order valence-electron chi connectivity index (χ0n) is 13.2. The molecule has 1 aromatic heterocycles. The molecule has 2 aromatic rings. The number of hydrogen-bond donors (Lipinski definition) is 2. The lowest BCUT2D eigenvalue weighted by Crippen LogP contribution is -2.14. The maximum absolute atomic E-state index is 6.19. The summed E-state index contributed by atoms with van der Waals surface area (Å²) in [6.45, 7) is 6.16. The average molecular weight is 317 g/mol. The smallest absolute Gasteiger partial charge is 0.225 e. The minimum absolute atomic E-state index is 0.302. The molecule has 1 aliphatic rings. The average Bonchev–Trinajstić information content (AvgIpc) is 3.26. The SMILES string of the molecule is Cc1ccc(Nc2cc(C3CC3)nc(NC(C)C)n2)cc1Cl. The van der Waals surface area contributed by atoms with Crippen molar-refractivity contribution in [2.75, 3.05) is 10.6 Å². The number of anilines is 3. The highest BCUT2D eigenvalue weighted by molar-refractivity contribution is 6.31. The van der Waals surface area contributed by atoms with Crippen molar-refractivity contribution >= 4 is 29.1 Å². The molecule has 0 radical (unpaired) electrons. The summed E-state index contributed by atoms with van der Waals surface area (Å²) in [5, 5.41) is 7.37. The van der Waals surface area contributed by atoms with Crippen LogP contribution in [0, 0.1) is 6.92 Å². The predicted molar refractivity (Wildman–Crippen MR) is 92.2 cm³/mol. The van der Waals surface area contributed by atoms with E-state index in [0.29, 0.717) is 17.9 Å². The highest BCUT2D eigenvalue weighted by Crippen LogP contribution is 2.40. The quantitative estimate of drug-likeness (QED) is 0.825. The standard InChI is InChI=1S/C17H21ClN4/c1-10(2)19-17-21-15(12-5-6-12)9-16(22-17)20-13-7-4-11(3)14(18)8-13/h4,7-10,12H,5-6H2,1-3H3,(H2,19,20,21,22).